The molecule has 0 heterocycles. The van der Waals surface area contributed by atoms with Crippen LogP contribution in [0.2, 0.25) is 5.02 Å². The Morgan fingerprint density at radius 1 is 1.59 bits per heavy atom. The van der Waals surface area contributed by atoms with Crippen molar-refractivity contribution in [2.75, 3.05) is 7.11 Å². The second-order valence-electron chi connectivity index (χ2n) is 3.61. The fraction of sp³-hybridized carbons (Fsp3) is 0.364. The number of halogens is 3. The fourth-order valence-electron chi connectivity index (χ4n) is 1.42. The number of rotatable bonds is 4. The summed E-state index contributed by atoms with van der Waals surface area (Å²) in [5, 5.41) is 8.66. The molecule has 94 valence electrons. The second-order valence-corrected chi connectivity index (χ2v) is 4.02. The Morgan fingerprint density at radius 2 is 2.18 bits per heavy atom. The van der Waals surface area contributed by atoms with Crippen molar-refractivity contribution in [1.82, 2.24) is 0 Å². The lowest BCUT2D eigenvalue weighted by Gasteiger charge is -2.13. The number of carbonyl (C=O) groups is 1. The Labute approximate surface area is 102 Å². The minimum absolute atomic E-state index is 0.0290. The summed E-state index contributed by atoms with van der Waals surface area (Å²) in [5.41, 5.74) is -0.160. The highest BCUT2D eigenvalue weighted by Crippen LogP contribution is 2.33. The Morgan fingerprint density at radius 3 is 2.65 bits per heavy atom. The van der Waals surface area contributed by atoms with Crippen molar-refractivity contribution in [3.63, 3.8) is 0 Å². The molecule has 1 unspecified atom stereocenters. The third-order valence-electron chi connectivity index (χ3n) is 2.36. The number of carboxylic acid groups (broad SMARTS) is 1. The van der Waals surface area contributed by atoms with Crippen molar-refractivity contribution in [3.05, 3.63) is 28.3 Å². The van der Waals surface area contributed by atoms with Crippen LogP contribution in [0.15, 0.2) is 6.07 Å². The van der Waals surface area contributed by atoms with Crippen LogP contribution in [-0.2, 0) is 11.2 Å². The van der Waals surface area contributed by atoms with Gasteiger partial charge in [-0.05, 0) is 12.5 Å². The molecule has 1 rings (SSSR count). The monoisotopic (exact) mass is 264 g/mol. The van der Waals surface area contributed by atoms with Crippen LogP contribution < -0.4 is 4.74 Å². The van der Waals surface area contributed by atoms with Gasteiger partial charge in [0.15, 0.2) is 11.6 Å². The molecule has 17 heavy (non-hydrogen) atoms. The van der Waals surface area contributed by atoms with Gasteiger partial charge in [0.1, 0.15) is 5.75 Å². The standard InChI is InChI=1S/C11H11ClF2O3/c1-5(11(15)16)3-6-9(14)8(13)4-7(12)10(6)17-2/h4-5H,3H2,1-2H3,(H,15,16). The molecule has 1 N–H and O–H groups in total. The summed E-state index contributed by atoms with van der Waals surface area (Å²) in [6, 6.07) is 0.796. The van der Waals surface area contributed by atoms with E-state index >= 15 is 0 Å². The topological polar surface area (TPSA) is 46.5 Å². The van der Waals surface area contributed by atoms with Crippen LogP contribution in [0.25, 0.3) is 0 Å². The first kappa shape index (κ1) is 13.7. The maximum absolute atomic E-state index is 13.5. The maximum atomic E-state index is 13.5. The molecule has 0 aliphatic rings. The summed E-state index contributed by atoms with van der Waals surface area (Å²) in [6.45, 7) is 1.39. The van der Waals surface area contributed by atoms with Crippen molar-refractivity contribution in [2.24, 2.45) is 5.92 Å². The molecule has 0 saturated heterocycles. The van der Waals surface area contributed by atoms with Crippen LogP contribution in [0.1, 0.15) is 12.5 Å². The van der Waals surface area contributed by atoms with Crippen LogP contribution in [0.4, 0.5) is 8.78 Å². The minimum atomic E-state index is -1.13. The highest BCUT2D eigenvalue weighted by atomic mass is 35.5. The zero-order valence-corrected chi connectivity index (χ0v) is 10.0. The molecule has 0 fully saturated rings. The lowest BCUT2D eigenvalue weighted by molar-refractivity contribution is -0.141. The molecule has 0 radical (unpaired) electrons. The predicted molar refractivity (Wildman–Crippen MR) is 58.4 cm³/mol. The van der Waals surface area contributed by atoms with Crippen molar-refractivity contribution < 1.29 is 23.4 Å². The molecule has 3 nitrogen and oxygen atoms in total. The lowest BCUT2D eigenvalue weighted by atomic mass is 9.99. The van der Waals surface area contributed by atoms with Crippen LogP contribution >= 0.6 is 11.6 Å². The van der Waals surface area contributed by atoms with Gasteiger partial charge in [-0.25, -0.2) is 8.78 Å². The smallest absolute Gasteiger partial charge is 0.306 e. The summed E-state index contributed by atoms with van der Waals surface area (Å²) < 4.78 is 31.6. The van der Waals surface area contributed by atoms with Crippen molar-refractivity contribution in [3.8, 4) is 5.75 Å². The van der Waals surface area contributed by atoms with E-state index in [0.29, 0.717) is 0 Å². The van der Waals surface area contributed by atoms with Crippen LogP contribution in [0, 0.1) is 17.6 Å². The van der Waals surface area contributed by atoms with Gasteiger partial charge >= 0.3 is 5.97 Å². The van der Waals surface area contributed by atoms with Crippen LogP contribution in [0.3, 0.4) is 0 Å². The molecule has 0 saturated carbocycles. The minimum Gasteiger partial charge on any atom is -0.495 e. The third kappa shape index (κ3) is 2.85. The molecule has 6 heteroatoms. The lowest BCUT2D eigenvalue weighted by Crippen LogP contribution is -2.14. The molecule has 0 aromatic heterocycles. The van der Waals surface area contributed by atoms with Gasteiger partial charge < -0.3 is 9.84 Å². The Balaban J connectivity index is 3.25. The first-order valence-corrected chi connectivity index (χ1v) is 5.19. The Bertz CT molecular complexity index is 449. The van der Waals surface area contributed by atoms with Crippen LogP contribution in [-0.4, -0.2) is 18.2 Å². The number of hydrogen-bond acceptors (Lipinski definition) is 2. The maximum Gasteiger partial charge on any atom is 0.306 e. The van der Waals surface area contributed by atoms with E-state index in [1.807, 2.05) is 0 Å². The number of hydrogen-bond donors (Lipinski definition) is 1. The normalized spacial score (nSPS) is 12.3. The van der Waals surface area contributed by atoms with Crippen molar-refractivity contribution in [2.45, 2.75) is 13.3 Å². The molecule has 1 aromatic rings. The predicted octanol–water partition coefficient (Wildman–Crippen LogP) is 2.89. The third-order valence-corrected chi connectivity index (χ3v) is 2.64. The SMILES string of the molecule is COc1c(Cl)cc(F)c(F)c1CC(C)C(=O)O. The molecule has 1 aromatic carbocycles. The molecule has 0 bridgehead atoms. The average molecular weight is 265 g/mol. The highest BCUT2D eigenvalue weighted by molar-refractivity contribution is 6.32. The van der Waals surface area contributed by atoms with E-state index in [1.54, 1.807) is 0 Å². The molecule has 0 aliphatic carbocycles. The summed E-state index contributed by atoms with van der Waals surface area (Å²) >= 11 is 5.69. The average Bonchev–Trinajstić information content (AvgIpc) is 2.25. The Hall–Kier alpha value is -1.36. The Kier molecular flexibility index (Phi) is 4.28. The van der Waals surface area contributed by atoms with Gasteiger partial charge in [0.05, 0.1) is 18.1 Å². The number of carboxylic acids is 1. The van der Waals surface area contributed by atoms with Crippen molar-refractivity contribution in [1.29, 1.82) is 0 Å². The fourth-order valence-corrected chi connectivity index (χ4v) is 1.71. The van der Waals surface area contributed by atoms with Gasteiger partial charge in [0.2, 0.25) is 0 Å². The van der Waals surface area contributed by atoms with Gasteiger partial charge in [-0.3, -0.25) is 4.79 Å². The first-order chi connectivity index (χ1) is 7.88. The second kappa shape index (κ2) is 5.31. The molecule has 0 spiro atoms. The zero-order valence-electron chi connectivity index (χ0n) is 9.26. The van der Waals surface area contributed by atoms with E-state index in [-0.39, 0.29) is 22.8 Å². The van der Waals surface area contributed by atoms with E-state index < -0.39 is 23.5 Å². The zero-order chi connectivity index (χ0) is 13.2. The summed E-state index contributed by atoms with van der Waals surface area (Å²) in [5.74, 6) is -4.25. The van der Waals surface area contributed by atoms with E-state index in [0.717, 1.165) is 6.07 Å². The van der Waals surface area contributed by atoms with Gasteiger partial charge in [0.25, 0.3) is 0 Å². The number of ether oxygens (including phenoxy) is 1. The summed E-state index contributed by atoms with van der Waals surface area (Å²) in [6.07, 6.45) is -0.193. The largest absolute Gasteiger partial charge is 0.495 e. The highest BCUT2D eigenvalue weighted by Gasteiger charge is 2.22. The van der Waals surface area contributed by atoms with E-state index in [9.17, 15) is 13.6 Å². The summed E-state index contributed by atoms with van der Waals surface area (Å²) in [4.78, 5) is 10.7. The molecular weight excluding hydrogens is 254 g/mol. The van der Waals surface area contributed by atoms with E-state index in [4.69, 9.17) is 21.4 Å². The molecular formula is C11H11ClF2O3. The molecule has 0 amide bonds. The van der Waals surface area contributed by atoms with Crippen LogP contribution in [0.5, 0.6) is 5.75 Å². The molecule has 1 atom stereocenters. The van der Waals surface area contributed by atoms with E-state index in [1.165, 1.54) is 14.0 Å². The first-order valence-electron chi connectivity index (χ1n) is 4.81. The molecule has 0 aliphatic heterocycles. The van der Waals surface area contributed by atoms with E-state index in [2.05, 4.69) is 0 Å². The van der Waals surface area contributed by atoms with Crippen molar-refractivity contribution >= 4 is 17.6 Å². The van der Waals surface area contributed by atoms with Gasteiger partial charge in [-0.1, -0.05) is 18.5 Å². The van der Waals surface area contributed by atoms with Gasteiger partial charge in [-0.2, -0.15) is 0 Å². The van der Waals surface area contributed by atoms with Gasteiger partial charge in [0, 0.05) is 5.56 Å². The summed E-state index contributed by atoms with van der Waals surface area (Å²) in [7, 11) is 1.26. The number of benzene rings is 1. The number of aliphatic carboxylic acids is 1. The number of methoxy groups -OCH3 is 1. The quantitative estimate of drug-likeness (QED) is 0.851. The van der Waals surface area contributed by atoms with Gasteiger partial charge in [-0.15, -0.1) is 0 Å².